The molecule has 10 heavy (non-hydrogen) atoms. The summed E-state index contributed by atoms with van der Waals surface area (Å²) in [6.45, 7) is 0. The van der Waals surface area contributed by atoms with Gasteiger partial charge in [0, 0.05) is 0 Å². The van der Waals surface area contributed by atoms with Crippen molar-refractivity contribution < 1.29 is 4.79 Å². The first-order valence-electron chi connectivity index (χ1n) is 3.13. The first-order chi connectivity index (χ1) is 4.88. The predicted molar refractivity (Wildman–Crippen MR) is 40.2 cm³/mol. The summed E-state index contributed by atoms with van der Waals surface area (Å²) in [5.41, 5.74) is 2.20. The van der Waals surface area contributed by atoms with Gasteiger partial charge in [-0.2, -0.15) is 0 Å². The van der Waals surface area contributed by atoms with E-state index in [2.05, 4.69) is 0 Å². The summed E-state index contributed by atoms with van der Waals surface area (Å²) in [5, 5.41) is 1.00. The average Bonchev–Trinajstić information content (AvgIpc) is 2.34. The maximum absolute atomic E-state index is 11.1. The zero-order chi connectivity index (χ0) is 6.97. The molecule has 50 valence electrons. The van der Waals surface area contributed by atoms with Crippen molar-refractivity contribution in [1.82, 2.24) is 0 Å². The Balaban J connectivity index is 2.61. The minimum atomic E-state index is 0.198. The van der Waals surface area contributed by atoms with Crippen molar-refractivity contribution in [2.45, 2.75) is 5.32 Å². The molecular formula is C8H6OSe. The third kappa shape index (κ3) is 0.808. The van der Waals surface area contributed by atoms with Gasteiger partial charge in [0.25, 0.3) is 0 Å². The molecule has 1 aliphatic rings. The van der Waals surface area contributed by atoms with Crippen LogP contribution in [0.4, 0.5) is 0 Å². The second kappa shape index (κ2) is 2.22. The SMILES string of the molecule is O=C1[Se]Cc2ccccc21. The van der Waals surface area contributed by atoms with Crippen LogP contribution in [0.3, 0.4) is 0 Å². The number of hydrogen-bond acceptors (Lipinski definition) is 1. The van der Waals surface area contributed by atoms with Gasteiger partial charge in [0.2, 0.25) is 0 Å². The van der Waals surface area contributed by atoms with E-state index < -0.39 is 0 Å². The van der Waals surface area contributed by atoms with Gasteiger partial charge < -0.3 is 0 Å². The van der Waals surface area contributed by atoms with Gasteiger partial charge in [-0.15, -0.1) is 0 Å². The molecule has 0 amide bonds. The minimum absolute atomic E-state index is 0.198. The van der Waals surface area contributed by atoms with Crippen LogP contribution in [0.5, 0.6) is 0 Å². The van der Waals surface area contributed by atoms with Crippen molar-refractivity contribution in [3.8, 4) is 0 Å². The Hall–Kier alpha value is -0.591. The van der Waals surface area contributed by atoms with Gasteiger partial charge in [0.1, 0.15) is 0 Å². The van der Waals surface area contributed by atoms with Gasteiger partial charge >= 0.3 is 65.1 Å². The summed E-state index contributed by atoms with van der Waals surface area (Å²) in [7, 11) is 0. The van der Waals surface area contributed by atoms with Crippen molar-refractivity contribution >= 4 is 19.6 Å². The van der Waals surface area contributed by atoms with E-state index in [1.54, 1.807) is 0 Å². The number of carbonyl (C=O) groups is 1. The van der Waals surface area contributed by atoms with Crippen molar-refractivity contribution in [1.29, 1.82) is 0 Å². The van der Waals surface area contributed by atoms with Crippen LogP contribution in [0, 0.1) is 0 Å². The van der Waals surface area contributed by atoms with E-state index in [9.17, 15) is 4.79 Å². The molecule has 0 N–H and O–H groups in total. The monoisotopic (exact) mass is 198 g/mol. The molecule has 0 spiro atoms. The summed E-state index contributed by atoms with van der Waals surface area (Å²) >= 11 is 0.198. The molecule has 0 saturated heterocycles. The Morgan fingerprint density at radius 2 is 2.10 bits per heavy atom. The zero-order valence-corrected chi connectivity index (χ0v) is 7.05. The Labute approximate surface area is 65.6 Å². The fourth-order valence-electron chi connectivity index (χ4n) is 1.07. The fourth-order valence-corrected chi connectivity index (χ4v) is 2.94. The molecule has 0 fully saturated rings. The molecule has 0 aliphatic carbocycles. The van der Waals surface area contributed by atoms with Crippen molar-refractivity contribution in [3.63, 3.8) is 0 Å². The third-order valence-corrected chi connectivity index (χ3v) is 3.56. The number of hydrogen-bond donors (Lipinski definition) is 0. The molecular weight excluding hydrogens is 191 g/mol. The van der Waals surface area contributed by atoms with Gasteiger partial charge in [0.15, 0.2) is 0 Å². The van der Waals surface area contributed by atoms with Gasteiger partial charge in [-0.05, 0) is 0 Å². The van der Waals surface area contributed by atoms with Gasteiger partial charge in [0.05, 0.1) is 0 Å². The summed E-state index contributed by atoms with van der Waals surface area (Å²) < 4.78 is 0.364. The molecule has 0 saturated carbocycles. The Kier molecular flexibility index (Phi) is 1.37. The summed E-state index contributed by atoms with van der Waals surface area (Å²) in [5.74, 6) is 0. The topological polar surface area (TPSA) is 17.1 Å². The van der Waals surface area contributed by atoms with E-state index >= 15 is 0 Å². The summed E-state index contributed by atoms with van der Waals surface area (Å²) in [6.07, 6.45) is 0. The molecule has 1 aromatic rings. The molecule has 0 atom stereocenters. The molecule has 0 bridgehead atoms. The van der Waals surface area contributed by atoms with E-state index in [0.717, 1.165) is 10.9 Å². The Bertz CT molecular complexity index is 280. The van der Waals surface area contributed by atoms with E-state index in [1.807, 2.05) is 24.3 Å². The molecule has 2 heteroatoms. The second-order valence-electron chi connectivity index (χ2n) is 2.23. The normalized spacial score (nSPS) is 15.4. The van der Waals surface area contributed by atoms with Crippen molar-refractivity contribution in [2.75, 3.05) is 0 Å². The van der Waals surface area contributed by atoms with Crippen LogP contribution in [-0.4, -0.2) is 19.6 Å². The molecule has 1 nitrogen and oxygen atoms in total. The Morgan fingerprint density at radius 3 is 2.90 bits per heavy atom. The van der Waals surface area contributed by atoms with Gasteiger partial charge in [-0.1, -0.05) is 0 Å². The quantitative estimate of drug-likeness (QED) is 0.568. The van der Waals surface area contributed by atoms with Crippen LogP contribution in [0.2, 0.25) is 0 Å². The molecule has 0 aromatic heterocycles. The van der Waals surface area contributed by atoms with Crippen LogP contribution in [0.15, 0.2) is 24.3 Å². The first kappa shape index (κ1) is 6.14. The number of benzene rings is 1. The predicted octanol–water partition coefficient (Wildman–Crippen LogP) is 1.04. The number of fused-ring (bicyclic) bond motifs is 1. The maximum atomic E-state index is 11.1. The molecule has 2 rings (SSSR count). The van der Waals surface area contributed by atoms with E-state index in [1.165, 1.54) is 5.56 Å². The third-order valence-electron chi connectivity index (χ3n) is 1.60. The summed E-state index contributed by atoms with van der Waals surface area (Å²) in [4.78, 5) is 11.1. The van der Waals surface area contributed by atoms with Crippen LogP contribution in [0.1, 0.15) is 15.9 Å². The molecule has 1 heterocycles. The Morgan fingerprint density at radius 1 is 1.30 bits per heavy atom. The van der Waals surface area contributed by atoms with Gasteiger partial charge in [-0.3, -0.25) is 0 Å². The van der Waals surface area contributed by atoms with Gasteiger partial charge in [-0.25, -0.2) is 0 Å². The van der Waals surface area contributed by atoms with E-state index in [-0.39, 0.29) is 15.0 Å². The fraction of sp³-hybridized carbons (Fsp3) is 0.125. The molecule has 0 radical (unpaired) electrons. The number of rotatable bonds is 0. The van der Waals surface area contributed by atoms with Crippen LogP contribution in [0.25, 0.3) is 0 Å². The molecule has 0 unspecified atom stereocenters. The standard InChI is InChI=1S/C8H6OSe/c9-8-7-4-2-1-3-6(7)5-10-8/h1-4H,5H2. The molecule has 1 aromatic carbocycles. The average molecular weight is 197 g/mol. The molecule has 1 aliphatic heterocycles. The van der Waals surface area contributed by atoms with E-state index in [4.69, 9.17) is 0 Å². The number of carbonyl (C=O) groups excluding carboxylic acids is 1. The van der Waals surface area contributed by atoms with E-state index in [0.29, 0.717) is 4.68 Å². The van der Waals surface area contributed by atoms with Crippen LogP contribution < -0.4 is 0 Å². The van der Waals surface area contributed by atoms with Crippen molar-refractivity contribution in [2.24, 2.45) is 0 Å². The second-order valence-corrected chi connectivity index (χ2v) is 4.22. The first-order valence-corrected chi connectivity index (χ1v) is 5.20. The van der Waals surface area contributed by atoms with Crippen LogP contribution >= 0.6 is 0 Å². The van der Waals surface area contributed by atoms with Crippen LogP contribution in [-0.2, 0) is 5.32 Å². The zero-order valence-electron chi connectivity index (χ0n) is 5.33. The van der Waals surface area contributed by atoms with Crippen molar-refractivity contribution in [3.05, 3.63) is 35.4 Å². The summed E-state index contributed by atoms with van der Waals surface area (Å²) in [6, 6.07) is 7.89.